The van der Waals surface area contributed by atoms with Gasteiger partial charge in [0.05, 0.1) is 16.2 Å². The number of thioether (sulfide) groups is 1. The molecule has 0 aromatic heterocycles. The van der Waals surface area contributed by atoms with Crippen LogP contribution in [0.1, 0.15) is 24.0 Å². The number of hydrogen-bond donors (Lipinski definition) is 0. The van der Waals surface area contributed by atoms with Gasteiger partial charge in [-0.15, -0.1) is 11.8 Å². The van der Waals surface area contributed by atoms with Crippen LogP contribution in [0.3, 0.4) is 0 Å². The van der Waals surface area contributed by atoms with Crippen molar-refractivity contribution < 1.29 is 22.9 Å². The van der Waals surface area contributed by atoms with Gasteiger partial charge in [-0.25, -0.2) is 0 Å². The van der Waals surface area contributed by atoms with Crippen LogP contribution in [0, 0.1) is 10.1 Å². The molecule has 0 aliphatic heterocycles. The lowest BCUT2D eigenvalue weighted by Crippen LogP contribution is -2.34. The summed E-state index contributed by atoms with van der Waals surface area (Å²) >= 11 is 1.28. The van der Waals surface area contributed by atoms with Gasteiger partial charge in [0.25, 0.3) is 5.69 Å². The van der Waals surface area contributed by atoms with E-state index in [-0.39, 0.29) is 29.9 Å². The molecule has 1 aliphatic carbocycles. The van der Waals surface area contributed by atoms with Crippen molar-refractivity contribution >= 4 is 23.4 Å². The first kappa shape index (κ1) is 20.2. The maximum atomic E-state index is 12.7. The Morgan fingerprint density at radius 1 is 1.11 bits per heavy atom. The Morgan fingerprint density at radius 2 is 1.71 bits per heavy atom. The smallest absolute Gasteiger partial charge is 0.335 e. The highest BCUT2D eigenvalue weighted by Crippen LogP contribution is 2.32. The Balaban J connectivity index is 1.60. The number of carbonyl (C=O) groups is 1. The summed E-state index contributed by atoms with van der Waals surface area (Å²) in [4.78, 5) is 25.2. The summed E-state index contributed by atoms with van der Waals surface area (Å²) in [5.41, 5.74) is -0.0829. The molecule has 3 rings (SSSR count). The quantitative estimate of drug-likeness (QED) is 0.370. The summed E-state index contributed by atoms with van der Waals surface area (Å²) in [6.45, 7) is 0.266. The highest BCUT2D eigenvalue weighted by molar-refractivity contribution is 8.00. The Labute approximate surface area is 163 Å². The van der Waals surface area contributed by atoms with E-state index >= 15 is 0 Å². The van der Waals surface area contributed by atoms with Gasteiger partial charge in [0.15, 0.2) is 0 Å². The molecule has 2 aromatic carbocycles. The molecule has 5 nitrogen and oxygen atoms in total. The third kappa shape index (κ3) is 5.25. The highest BCUT2D eigenvalue weighted by atomic mass is 32.2. The van der Waals surface area contributed by atoms with Gasteiger partial charge in [-0.3, -0.25) is 14.9 Å². The van der Waals surface area contributed by atoms with Crippen LogP contribution in [-0.4, -0.2) is 27.5 Å². The van der Waals surface area contributed by atoms with Crippen molar-refractivity contribution in [1.29, 1.82) is 0 Å². The molecule has 28 heavy (non-hydrogen) atoms. The second-order valence-electron chi connectivity index (χ2n) is 6.49. The minimum Gasteiger partial charge on any atom is -0.335 e. The SMILES string of the molecule is O=C(CSc1ccc([N+](=O)[O-])cc1)N(Cc1ccc(C(F)(F)F)cc1)C1CC1. The highest BCUT2D eigenvalue weighted by Gasteiger charge is 2.33. The van der Waals surface area contributed by atoms with Crippen LogP contribution in [0.4, 0.5) is 18.9 Å². The van der Waals surface area contributed by atoms with Crippen LogP contribution in [0.15, 0.2) is 53.4 Å². The van der Waals surface area contributed by atoms with Crippen molar-refractivity contribution in [2.45, 2.75) is 36.5 Å². The lowest BCUT2D eigenvalue weighted by molar-refractivity contribution is -0.384. The van der Waals surface area contributed by atoms with Crippen molar-refractivity contribution in [1.82, 2.24) is 4.90 Å². The predicted octanol–water partition coefficient (Wildman–Crippen LogP) is 4.90. The molecule has 1 saturated carbocycles. The zero-order valence-corrected chi connectivity index (χ0v) is 15.5. The summed E-state index contributed by atoms with van der Waals surface area (Å²) in [7, 11) is 0. The van der Waals surface area contributed by atoms with Crippen LogP contribution in [0.25, 0.3) is 0 Å². The Hall–Kier alpha value is -2.55. The van der Waals surface area contributed by atoms with Gasteiger partial charge in [0.1, 0.15) is 0 Å². The summed E-state index contributed by atoms with van der Waals surface area (Å²) in [5, 5.41) is 10.7. The molecule has 0 spiro atoms. The number of amides is 1. The monoisotopic (exact) mass is 410 g/mol. The number of hydrogen-bond acceptors (Lipinski definition) is 4. The summed E-state index contributed by atoms with van der Waals surface area (Å²) in [6, 6.07) is 10.9. The molecule has 0 N–H and O–H groups in total. The van der Waals surface area contributed by atoms with Crippen molar-refractivity contribution in [3.05, 3.63) is 69.8 Å². The van der Waals surface area contributed by atoms with Crippen molar-refractivity contribution in [3.63, 3.8) is 0 Å². The molecule has 0 radical (unpaired) electrons. The summed E-state index contributed by atoms with van der Waals surface area (Å²) < 4.78 is 38.0. The van der Waals surface area contributed by atoms with Crippen molar-refractivity contribution in [3.8, 4) is 0 Å². The van der Waals surface area contributed by atoms with Gasteiger partial charge < -0.3 is 4.90 Å². The third-order valence-corrected chi connectivity index (χ3v) is 5.35. The molecule has 1 aliphatic rings. The van der Waals surface area contributed by atoms with E-state index in [0.717, 1.165) is 29.9 Å². The molecule has 1 amide bonds. The van der Waals surface area contributed by atoms with E-state index in [4.69, 9.17) is 0 Å². The normalized spacial score (nSPS) is 14.0. The molecular formula is C19H17F3N2O3S. The van der Waals surface area contributed by atoms with Crippen LogP contribution in [0.5, 0.6) is 0 Å². The Bertz CT molecular complexity index is 850. The number of non-ortho nitro benzene ring substituents is 1. The van der Waals surface area contributed by atoms with Gasteiger partial charge in [0.2, 0.25) is 5.91 Å². The van der Waals surface area contributed by atoms with Gasteiger partial charge in [0, 0.05) is 29.6 Å². The fourth-order valence-electron chi connectivity index (χ4n) is 2.70. The number of nitrogens with zero attached hydrogens (tertiary/aromatic N) is 2. The number of alkyl halides is 3. The predicted molar refractivity (Wildman–Crippen MR) is 98.8 cm³/mol. The third-order valence-electron chi connectivity index (χ3n) is 4.35. The minimum absolute atomic E-state index is 0.0161. The van der Waals surface area contributed by atoms with E-state index < -0.39 is 16.7 Å². The van der Waals surface area contributed by atoms with Crippen LogP contribution in [-0.2, 0) is 17.5 Å². The lowest BCUT2D eigenvalue weighted by atomic mass is 10.1. The van der Waals surface area contributed by atoms with E-state index in [1.165, 1.54) is 36.0 Å². The van der Waals surface area contributed by atoms with E-state index in [9.17, 15) is 28.1 Å². The van der Waals surface area contributed by atoms with Crippen molar-refractivity contribution in [2.24, 2.45) is 0 Å². The first-order chi connectivity index (χ1) is 13.2. The average Bonchev–Trinajstić information content (AvgIpc) is 3.49. The zero-order chi connectivity index (χ0) is 20.3. The number of benzene rings is 2. The van der Waals surface area contributed by atoms with Gasteiger partial charge >= 0.3 is 6.18 Å². The molecular weight excluding hydrogens is 393 g/mol. The average molecular weight is 410 g/mol. The molecule has 0 heterocycles. The summed E-state index contributed by atoms with van der Waals surface area (Å²) in [6.07, 6.45) is -2.62. The zero-order valence-electron chi connectivity index (χ0n) is 14.7. The second-order valence-corrected chi connectivity index (χ2v) is 7.54. The molecule has 0 atom stereocenters. The largest absolute Gasteiger partial charge is 0.416 e. The van der Waals surface area contributed by atoms with Gasteiger partial charge in [-0.05, 0) is 42.7 Å². The summed E-state index contributed by atoms with van der Waals surface area (Å²) in [5.74, 6) is 0.0559. The van der Waals surface area contributed by atoms with E-state index in [0.29, 0.717) is 5.56 Å². The van der Waals surface area contributed by atoms with Crippen molar-refractivity contribution in [2.75, 3.05) is 5.75 Å². The molecule has 0 bridgehead atoms. The van der Waals surface area contributed by atoms with E-state index in [1.807, 2.05) is 0 Å². The van der Waals surface area contributed by atoms with Crippen LogP contribution >= 0.6 is 11.8 Å². The second kappa shape index (κ2) is 8.22. The first-order valence-corrected chi connectivity index (χ1v) is 9.55. The lowest BCUT2D eigenvalue weighted by Gasteiger charge is -2.22. The van der Waals surface area contributed by atoms with Gasteiger partial charge in [-0.2, -0.15) is 13.2 Å². The number of nitro benzene ring substituents is 1. The fraction of sp³-hybridized carbons (Fsp3) is 0.316. The Morgan fingerprint density at radius 3 is 2.21 bits per heavy atom. The minimum atomic E-state index is -4.38. The van der Waals surface area contributed by atoms with Crippen LogP contribution in [0.2, 0.25) is 0 Å². The molecule has 0 unspecified atom stereocenters. The van der Waals surface area contributed by atoms with E-state index in [1.54, 1.807) is 17.0 Å². The van der Waals surface area contributed by atoms with E-state index in [2.05, 4.69) is 0 Å². The first-order valence-electron chi connectivity index (χ1n) is 8.57. The number of nitro groups is 1. The topological polar surface area (TPSA) is 63.4 Å². The Kier molecular flexibility index (Phi) is 5.93. The molecule has 0 saturated heterocycles. The maximum Gasteiger partial charge on any atom is 0.416 e. The maximum absolute atomic E-state index is 12.7. The fourth-order valence-corrected chi connectivity index (χ4v) is 3.48. The number of rotatable bonds is 7. The molecule has 9 heteroatoms. The van der Waals surface area contributed by atoms with Gasteiger partial charge in [-0.1, -0.05) is 12.1 Å². The molecule has 148 valence electrons. The molecule has 2 aromatic rings. The number of carbonyl (C=O) groups excluding carboxylic acids is 1. The molecule has 1 fully saturated rings. The van der Waals surface area contributed by atoms with Crippen LogP contribution < -0.4 is 0 Å². The number of halogens is 3. The standard InChI is InChI=1S/C19H17F3N2O3S/c20-19(21,22)14-3-1-13(2-4-14)11-23(15-5-6-15)18(25)12-28-17-9-7-16(8-10-17)24(26)27/h1-4,7-10,15H,5-6,11-12H2.